The van der Waals surface area contributed by atoms with Gasteiger partial charge in [0.2, 0.25) is 0 Å². The molecule has 4 nitrogen and oxygen atoms in total. The van der Waals surface area contributed by atoms with E-state index in [4.69, 9.17) is 1.37 Å². The molecule has 8 bridgehead atoms. The Hall–Kier alpha value is -3.40. The van der Waals surface area contributed by atoms with Crippen LogP contribution in [0.1, 0.15) is 36.6 Å². The zero-order valence-corrected chi connectivity index (χ0v) is 14.4. The van der Waals surface area contributed by atoms with Crippen LogP contribution in [0.15, 0.2) is 42.4 Å². The Morgan fingerprint density at radius 1 is 0.769 bits per heavy atom. The largest absolute Gasteiger partial charge is 0.355 e. The van der Waals surface area contributed by atoms with E-state index in [1.165, 1.54) is 0 Å². The summed E-state index contributed by atoms with van der Waals surface area (Å²) >= 11 is 0. The highest BCUT2D eigenvalue weighted by atomic mass is 14.8. The van der Waals surface area contributed by atoms with Gasteiger partial charge >= 0.3 is 0 Å². The fraction of sp³-hybridized carbons (Fsp3) is 0.0909. The van der Waals surface area contributed by atoms with Crippen LogP contribution >= 0.6 is 0 Å². The molecule has 0 amide bonds. The van der Waals surface area contributed by atoms with Gasteiger partial charge in [-0.15, -0.1) is 0 Å². The molecule has 4 heteroatoms. The Labute approximate surface area is 152 Å². The third kappa shape index (κ3) is 2.75. The molecule has 5 rings (SSSR count). The lowest BCUT2D eigenvalue weighted by atomic mass is 10.2. The van der Waals surface area contributed by atoms with Crippen molar-refractivity contribution in [2.45, 2.75) is 13.3 Å². The maximum Gasteiger partial charge on any atom is 0.0659 e. The van der Waals surface area contributed by atoms with E-state index in [-0.39, 0.29) is 0 Å². The minimum atomic E-state index is 0.536. The van der Waals surface area contributed by atoms with E-state index in [0.29, 0.717) is 6.04 Å². The summed E-state index contributed by atoms with van der Waals surface area (Å²) in [5.41, 5.74) is 8.20. The van der Waals surface area contributed by atoms with E-state index in [1.807, 2.05) is 60.7 Å². The number of aryl methyl sites for hydroxylation is 1. The SMILES string of the molecule is [2H]c1c(CC)c2cc3nc(cc4nc(cc5ccc(cc1[nH]2)[nH]5)C=C4)C=C3. The van der Waals surface area contributed by atoms with Crippen LogP contribution in [0.5, 0.6) is 0 Å². The molecule has 2 aliphatic heterocycles. The van der Waals surface area contributed by atoms with Crippen molar-refractivity contribution in [2.24, 2.45) is 0 Å². The molecule has 5 heterocycles. The number of hydrogen-bond acceptors (Lipinski definition) is 2. The lowest BCUT2D eigenvalue weighted by Crippen LogP contribution is -1.78. The first kappa shape index (κ1) is 13.8. The topological polar surface area (TPSA) is 57.4 Å². The van der Waals surface area contributed by atoms with Gasteiger partial charge in [0.05, 0.1) is 24.1 Å². The highest BCUT2D eigenvalue weighted by Gasteiger charge is 2.04. The minimum absolute atomic E-state index is 0.536. The molecule has 0 unspecified atom stereocenters. The quantitative estimate of drug-likeness (QED) is 0.440. The summed E-state index contributed by atoms with van der Waals surface area (Å²) in [5, 5.41) is 0. The standard InChI is InChI=1S/C22H18N4/c1-2-14-9-21-12-19-6-5-17(24-19)10-15-3-4-16(23-15)11-18-7-8-20(25-18)13-22(14)26-21/h3-13,24,26H,2H2,1H3/i9D. The van der Waals surface area contributed by atoms with Gasteiger partial charge in [0, 0.05) is 22.1 Å². The van der Waals surface area contributed by atoms with Gasteiger partial charge < -0.3 is 9.97 Å². The molecule has 0 saturated carbocycles. The second kappa shape index (κ2) is 5.85. The molecule has 2 N–H and O–H groups in total. The summed E-state index contributed by atoms with van der Waals surface area (Å²) in [5.74, 6) is 0. The van der Waals surface area contributed by atoms with Gasteiger partial charge in [0.1, 0.15) is 0 Å². The van der Waals surface area contributed by atoms with Gasteiger partial charge in [-0.3, -0.25) is 0 Å². The molecular weight excluding hydrogens is 320 g/mol. The minimum Gasteiger partial charge on any atom is -0.355 e. The Balaban J connectivity index is 1.89. The normalized spacial score (nSPS) is 13.2. The van der Waals surface area contributed by atoms with E-state index in [9.17, 15) is 0 Å². The number of fused-ring (bicyclic) bond motifs is 8. The monoisotopic (exact) mass is 339 g/mol. The van der Waals surface area contributed by atoms with Crippen LogP contribution in [0.2, 0.25) is 0 Å². The molecule has 0 aromatic carbocycles. The number of H-pyrrole nitrogens is 2. The van der Waals surface area contributed by atoms with Crippen LogP contribution in [-0.2, 0) is 6.42 Å². The number of aromatic amines is 2. The maximum atomic E-state index is 8.53. The lowest BCUT2D eigenvalue weighted by Gasteiger charge is -1.89. The summed E-state index contributed by atoms with van der Waals surface area (Å²) in [6.45, 7) is 2.07. The van der Waals surface area contributed by atoms with Crippen LogP contribution in [-0.4, -0.2) is 19.9 Å². The molecule has 0 radical (unpaired) electrons. The number of nitrogens with one attached hydrogen (secondary N) is 2. The molecule has 0 aliphatic carbocycles. The summed E-state index contributed by atoms with van der Waals surface area (Å²) in [4.78, 5) is 16.1. The van der Waals surface area contributed by atoms with Crippen molar-refractivity contribution in [1.82, 2.24) is 19.9 Å². The van der Waals surface area contributed by atoms with Gasteiger partial charge in [-0.2, -0.15) is 0 Å². The van der Waals surface area contributed by atoms with Gasteiger partial charge in [0.15, 0.2) is 0 Å². The van der Waals surface area contributed by atoms with E-state index < -0.39 is 0 Å². The first-order valence-electron chi connectivity index (χ1n) is 9.25. The number of rotatable bonds is 1. The molecule has 0 atom stereocenters. The number of hydrogen-bond donors (Lipinski definition) is 2. The molecule has 3 aromatic heterocycles. The molecule has 2 aliphatic rings. The summed E-state index contributed by atoms with van der Waals surface area (Å²) < 4.78 is 8.53. The molecule has 26 heavy (non-hydrogen) atoms. The van der Waals surface area contributed by atoms with E-state index in [1.54, 1.807) is 0 Å². The molecule has 0 spiro atoms. The Morgan fingerprint density at radius 3 is 2.08 bits per heavy atom. The van der Waals surface area contributed by atoms with Crippen molar-refractivity contribution in [3.8, 4) is 0 Å². The second-order valence-electron chi connectivity index (χ2n) is 6.45. The van der Waals surface area contributed by atoms with Crippen molar-refractivity contribution >= 4 is 46.4 Å². The highest BCUT2D eigenvalue weighted by molar-refractivity contribution is 5.78. The molecule has 0 saturated heterocycles. The fourth-order valence-corrected chi connectivity index (χ4v) is 3.28. The van der Waals surface area contributed by atoms with Crippen LogP contribution in [0.3, 0.4) is 0 Å². The first-order valence-corrected chi connectivity index (χ1v) is 8.75. The van der Waals surface area contributed by atoms with Gasteiger partial charge in [0.25, 0.3) is 0 Å². The van der Waals surface area contributed by atoms with Crippen molar-refractivity contribution in [2.75, 3.05) is 0 Å². The molecule has 0 fully saturated rings. The smallest absolute Gasteiger partial charge is 0.0659 e. The van der Waals surface area contributed by atoms with Crippen molar-refractivity contribution in [1.29, 1.82) is 0 Å². The zero-order valence-electron chi connectivity index (χ0n) is 15.4. The first-order chi connectivity index (χ1) is 13.2. The highest BCUT2D eigenvalue weighted by Crippen LogP contribution is 2.19. The fourth-order valence-electron chi connectivity index (χ4n) is 3.28. The number of aromatic nitrogens is 4. The lowest BCUT2D eigenvalue weighted by molar-refractivity contribution is 1.16. The Kier molecular flexibility index (Phi) is 3.11. The molecular formula is C22H18N4. The van der Waals surface area contributed by atoms with Crippen molar-refractivity contribution in [3.05, 3.63) is 70.8 Å². The number of nitrogens with zero attached hydrogens (tertiary/aromatic N) is 2. The van der Waals surface area contributed by atoms with Crippen LogP contribution in [0.4, 0.5) is 0 Å². The van der Waals surface area contributed by atoms with E-state index >= 15 is 0 Å². The zero-order chi connectivity index (χ0) is 18.4. The van der Waals surface area contributed by atoms with Gasteiger partial charge in [-0.25, -0.2) is 9.97 Å². The maximum absolute atomic E-state index is 8.53. The second-order valence-corrected chi connectivity index (χ2v) is 6.45. The third-order valence-corrected chi connectivity index (χ3v) is 4.52. The Morgan fingerprint density at radius 2 is 1.38 bits per heavy atom. The van der Waals surface area contributed by atoms with E-state index in [2.05, 4.69) is 26.9 Å². The molecule has 3 aromatic rings. The van der Waals surface area contributed by atoms with Crippen LogP contribution in [0.25, 0.3) is 46.4 Å². The van der Waals surface area contributed by atoms with Gasteiger partial charge in [-0.1, -0.05) is 6.92 Å². The average Bonchev–Trinajstić information content (AvgIpc) is 3.41. The van der Waals surface area contributed by atoms with E-state index in [0.717, 1.165) is 56.8 Å². The van der Waals surface area contributed by atoms with Crippen molar-refractivity contribution in [3.63, 3.8) is 0 Å². The summed E-state index contributed by atoms with van der Waals surface area (Å²) in [6, 6.07) is 12.5. The van der Waals surface area contributed by atoms with Gasteiger partial charge in [-0.05, 0) is 78.7 Å². The van der Waals surface area contributed by atoms with Crippen LogP contribution in [0, 0.1) is 0 Å². The summed E-state index contributed by atoms with van der Waals surface area (Å²) in [7, 11) is 0. The van der Waals surface area contributed by atoms with Crippen molar-refractivity contribution < 1.29 is 1.37 Å². The molecule has 126 valence electrons. The average molecular weight is 339 g/mol. The Bertz CT molecular complexity index is 1270. The predicted octanol–water partition coefficient (Wildman–Crippen LogP) is 5.22. The van der Waals surface area contributed by atoms with Crippen LogP contribution < -0.4 is 0 Å². The predicted molar refractivity (Wildman–Crippen MR) is 108 cm³/mol. The third-order valence-electron chi connectivity index (χ3n) is 4.52. The summed E-state index contributed by atoms with van der Waals surface area (Å²) in [6.07, 6.45) is 8.76.